The van der Waals surface area contributed by atoms with Gasteiger partial charge in [-0.2, -0.15) is 0 Å². The molecular formula is C26H31N5O2S. The Morgan fingerprint density at radius 3 is 2.76 bits per heavy atom. The van der Waals surface area contributed by atoms with E-state index in [1.54, 1.807) is 17.7 Å². The Labute approximate surface area is 204 Å². The van der Waals surface area contributed by atoms with E-state index in [0.717, 1.165) is 72.6 Å². The van der Waals surface area contributed by atoms with Crippen LogP contribution in [0.4, 0.5) is 11.5 Å². The monoisotopic (exact) mass is 477 g/mol. The van der Waals surface area contributed by atoms with Gasteiger partial charge in [0.2, 0.25) is 11.8 Å². The van der Waals surface area contributed by atoms with Crippen molar-refractivity contribution < 1.29 is 9.59 Å². The van der Waals surface area contributed by atoms with E-state index in [4.69, 9.17) is 0 Å². The molecule has 0 radical (unpaired) electrons. The zero-order valence-corrected chi connectivity index (χ0v) is 20.7. The predicted molar refractivity (Wildman–Crippen MR) is 136 cm³/mol. The van der Waals surface area contributed by atoms with Crippen LogP contribution in [0.15, 0.2) is 30.6 Å². The van der Waals surface area contributed by atoms with Crippen molar-refractivity contribution in [2.24, 2.45) is 5.92 Å². The maximum Gasteiger partial charge on any atom is 0.227 e. The van der Waals surface area contributed by atoms with Gasteiger partial charge in [0, 0.05) is 49.1 Å². The molecular weight excluding hydrogens is 446 g/mol. The van der Waals surface area contributed by atoms with Crippen LogP contribution in [0.1, 0.15) is 48.1 Å². The number of rotatable bonds is 5. The molecule has 0 spiro atoms. The maximum atomic E-state index is 13.0. The third-order valence-electron chi connectivity index (χ3n) is 7.10. The number of anilines is 2. The molecule has 3 aromatic rings. The summed E-state index contributed by atoms with van der Waals surface area (Å²) in [6.45, 7) is 7.29. The van der Waals surface area contributed by atoms with Gasteiger partial charge < -0.3 is 15.1 Å². The Morgan fingerprint density at radius 1 is 1.15 bits per heavy atom. The number of benzene rings is 1. The molecule has 1 N–H and O–H groups in total. The normalized spacial score (nSPS) is 17.4. The molecule has 7 nitrogen and oxygen atoms in total. The van der Waals surface area contributed by atoms with Gasteiger partial charge >= 0.3 is 0 Å². The van der Waals surface area contributed by atoms with Crippen LogP contribution in [0, 0.1) is 19.8 Å². The minimum Gasteiger partial charge on any atom is -0.356 e. The number of nitrogens with zero attached hydrogens (tertiary/aromatic N) is 4. The summed E-state index contributed by atoms with van der Waals surface area (Å²) in [5.74, 6) is 1.26. The topological polar surface area (TPSA) is 78.4 Å². The second-order valence-electron chi connectivity index (χ2n) is 9.38. The first-order valence-corrected chi connectivity index (χ1v) is 12.9. The number of amides is 2. The number of hydrogen-bond donors (Lipinski definition) is 1. The average Bonchev–Trinajstić information content (AvgIpc) is 3.14. The fraction of sp³-hybridized carbons (Fsp3) is 0.462. The highest BCUT2D eigenvalue weighted by atomic mass is 32.1. The van der Waals surface area contributed by atoms with Gasteiger partial charge in [0.15, 0.2) is 0 Å². The van der Waals surface area contributed by atoms with E-state index in [9.17, 15) is 9.59 Å². The number of hydrogen-bond acceptors (Lipinski definition) is 6. The highest BCUT2D eigenvalue weighted by molar-refractivity contribution is 7.18. The number of piperidine rings is 2. The Hall–Kier alpha value is -3.00. The van der Waals surface area contributed by atoms with Crippen LogP contribution in [0.3, 0.4) is 0 Å². The third kappa shape index (κ3) is 4.64. The van der Waals surface area contributed by atoms with Gasteiger partial charge in [-0.05, 0) is 62.8 Å². The van der Waals surface area contributed by atoms with Gasteiger partial charge in [0.25, 0.3) is 0 Å². The van der Waals surface area contributed by atoms with E-state index in [1.165, 1.54) is 10.4 Å². The zero-order valence-electron chi connectivity index (χ0n) is 19.8. The Bertz CT molecular complexity index is 1220. The van der Waals surface area contributed by atoms with Crippen LogP contribution in [-0.2, 0) is 16.1 Å². The van der Waals surface area contributed by atoms with Crippen LogP contribution in [0.25, 0.3) is 10.2 Å². The van der Waals surface area contributed by atoms with E-state index in [2.05, 4.69) is 34.0 Å². The van der Waals surface area contributed by atoms with Gasteiger partial charge in [-0.15, -0.1) is 11.3 Å². The lowest BCUT2D eigenvalue weighted by molar-refractivity contribution is -0.133. The fourth-order valence-corrected chi connectivity index (χ4v) is 5.99. The quantitative estimate of drug-likeness (QED) is 0.578. The van der Waals surface area contributed by atoms with Crippen LogP contribution in [0.5, 0.6) is 0 Å². The van der Waals surface area contributed by atoms with Crippen molar-refractivity contribution in [1.29, 1.82) is 0 Å². The zero-order chi connectivity index (χ0) is 23.7. The summed E-state index contributed by atoms with van der Waals surface area (Å²) in [5.41, 5.74) is 3.11. The molecule has 2 saturated heterocycles. The SMILES string of the molecule is Cc1sc2ncnc(N3CCC(C(=O)Nc4cccc(CN5CCCCC5=O)c4)CC3)c2c1C. The molecule has 0 unspecified atom stereocenters. The number of carbonyl (C=O) groups is 2. The molecule has 8 heteroatoms. The molecule has 0 saturated carbocycles. The van der Waals surface area contributed by atoms with Crippen LogP contribution < -0.4 is 10.2 Å². The maximum absolute atomic E-state index is 13.0. The summed E-state index contributed by atoms with van der Waals surface area (Å²) >= 11 is 1.71. The smallest absolute Gasteiger partial charge is 0.227 e. The number of aryl methyl sites for hydroxylation is 2. The van der Waals surface area contributed by atoms with Crippen molar-refractivity contribution >= 4 is 44.9 Å². The molecule has 0 atom stereocenters. The molecule has 0 bridgehead atoms. The molecule has 2 aliphatic rings. The molecule has 5 rings (SSSR count). The van der Waals surface area contributed by atoms with Gasteiger partial charge in [-0.3, -0.25) is 9.59 Å². The van der Waals surface area contributed by atoms with E-state index in [1.807, 2.05) is 29.2 Å². The van der Waals surface area contributed by atoms with E-state index in [0.29, 0.717) is 13.0 Å². The largest absolute Gasteiger partial charge is 0.356 e. The summed E-state index contributed by atoms with van der Waals surface area (Å²) in [6, 6.07) is 7.89. The number of aromatic nitrogens is 2. The third-order valence-corrected chi connectivity index (χ3v) is 8.22. The van der Waals surface area contributed by atoms with Gasteiger partial charge in [-0.25, -0.2) is 9.97 Å². The minimum atomic E-state index is -0.0220. The fourth-order valence-electron chi connectivity index (χ4n) is 5.00. The molecule has 1 aromatic carbocycles. The molecule has 4 heterocycles. The van der Waals surface area contributed by atoms with E-state index >= 15 is 0 Å². The van der Waals surface area contributed by atoms with Gasteiger partial charge in [0.1, 0.15) is 17.0 Å². The molecule has 2 aromatic heterocycles. The second kappa shape index (κ2) is 9.70. The summed E-state index contributed by atoms with van der Waals surface area (Å²) in [5, 5.41) is 4.26. The van der Waals surface area contributed by atoms with Gasteiger partial charge in [0.05, 0.1) is 5.39 Å². The van der Waals surface area contributed by atoms with Crippen molar-refractivity contribution in [3.8, 4) is 0 Å². The highest BCUT2D eigenvalue weighted by Crippen LogP contribution is 2.35. The molecule has 2 amide bonds. The molecule has 0 aliphatic carbocycles. The molecule has 34 heavy (non-hydrogen) atoms. The Morgan fingerprint density at radius 2 is 1.97 bits per heavy atom. The van der Waals surface area contributed by atoms with Crippen molar-refractivity contribution in [3.05, 3.63) is 46.6 Å². The number of thiophene rings is 1. The lowest BCUT2D eigenvalue weighted by Crippen LogP contribution is -2.38. The highest BCUT2D eigenvalue weighted by Gasteiger charge is 2.27. The summed E-state index contributed by atoms with van der Waals surface area (Å²) in [7, 11) is 0. The Kier molecular flexibility index (Phi) is 6.50. The summed E-state index contributed by atoms with van der Waals surface area (Å²) < 4.78 is 0. The van der Waals surface area contributed by atoms with Crippen LogP contribution >= 0.6 is 11.3 Å². The van der Waals surface area contributed by atoms with E-state index in [-0.39, 0.29) is 17.7 Å². The lowest BCUT2D eigenvalue weighted by atomic mass is 9.95. The van der Waals surface area contributed by atoms with E-state index < -0.39 is 0 Å². The number of fused-ring (bicyclic) bond motifs is 1. The molecule has 178 valence electrons. The van der Waals surface area contributed by atoms with Crippen molar-refractivity contribution in [2.45, 2.75) is 52.5 Å². The Balaban J connectivity index is 1.20. The van der Waals surface area contributed by atoms with Crippen LogP contribution in [0.2, 0.25) is 0 Å². The minimum absolute atomic E-state index is 0.0220. The first-order valence-electron chi connectivity index (χ1n) is 12.1. The average molecular weight is 478 g/mol. The van der Waals surface area contributed by atoms with Crippen molar-refractivity contribution in [1.82, 2.24) is 14.9 Å². The summed E-state index contributed by atoms with van der Waals surface area (Å²) in [4.78, 5) is 40.7. The predicted octanol–water partition coefficient (Wildman–Crippen LogP) is 4.68. The second-order valence-corrected chi connectivity index (χ2v) is 10.6. The summed E-state index contributed by atoms with van der Waals surface area (Å²) in [6.07, 6.45) is 5.92. The first kappa shape index (κ1) is 22.8. The van der Waals surface area contributed by atoms with Crippen molar-refractivity contribution in [3.63, 3.8) is 0 Å². The molecule has 2 fully saturated rings. The number of likely N-dealkylation sites (tertiary alicyclic amines) is 1. The first-order chi connectivity index (χ1) is 16.5. The number of carbonyl (C=O) groups excluding carboxylic acids is 2. The van der Waals surface area contributed by atoms with Crippen LogP contribution in [-0.4, -0.2) is 46.3 Å². The van der Waals surface area contributed by atoms with Gasteiger partial charge in [-0.1, -0.05) is 12.1 Å². The molecule has 2 aliphatic heterocycles. The standard InChI is InChI=1S/C26H31N5O2S/c1-17-18(2)34-26-23(17)24(27-16-28-26)30-12-9-20(10-13-30)25(33)29-21-7-5-6-19(14-21)15-31-11-4-3-8-22(31)32/h5-7,14,16,20H,3-4,8-13,15H2,1-2H3,(H,29,33). The van der Waals surface area contributed by atoms with Crippen molar-refractivity contribution in [2.75, 3.05) is 29.9 Å². The lowest BCUT2D eigenvalue weighted by Gasteiger charge is -2.32. The number of nitrogens with one attached hydrogen (secondary N) is 1.